The first-order valence-corrected chi connectivity index (χ1v) is 23.2. The van der Waals surface area contributed by atoms with Crippen molar-refractivity contribution < 1.29 is 93.8 Å². The molecular formula is C47H72F4O16. The van der Waals surface area contributed by atoms with E-state index in [0.717, 1.165) is 38.5 Å². The maximum Gasteiger partial charge on any atom is 0.504 e. The maximum atomic E-state index is 14.2. The predicted molar refractivity (Wildman–Crippen MR) is 228 cm³/mol. The van der Waals surface area contributed by atoms with E-state index in [1.165, 1.54) is 6.92 Å². The molecule has 4 bridgehead atoms. The van der Waals surface area contributed by atoms with E-state index in [0.29, 0.717) is 69.1 Å². The van der Waals surface area contributed by atoms with Gasteiger partial charge in [-0.05, 0) is 130 Å². The molecule has 5 rings (SSSR count). The van der Waals surface area contributed by atoms with Gasteiger partial charge in [0.2, 0.25) is 6.79 Å². The van der Waals surface area contributed by atoms with Crippen LogP contribution in [0.25, 0.3) is 0 Å². The van der Waals surface area contributed by atoms with E-state index in [1.807, 2.05) is 20.8 Å². The van der Waals surface area contributed by atoms with Crippen molar-refractivity contribution in [2.45, 2.75) is 171 Å². The van der Waals surface area contributed by atoms with Crippen molar-refractivity contribution in [3.8, 4) is 0 Å². The fourth-order valence-corrected chi connectivity index (χ4v) is 8.11. The van der Waals surface area contributed by atoms with Gasteiger partial charge in [-0.3, -0.25) is 28.8 Å². The zero-order valence-electron chi connectivity index (χ0n) is 40.8. The van der Waals surface area contributed by atoms with E-state index in [4.69, 9.17) is 14.2 Å². The molecule has 384 valence electrons. The topological polar surface area (TPSA) is 210 Å². The summed E-state index contributed by atoms with van der Waals surface area (Å²) >= 11 is 0. The number of hydrogen-bond acceptors (Lipinski definition) is 16. The number of esters is 8. The summed E-state index contributed by atoms with van der Waals surface area (Å²) in [5.74, 6) is -7.26. The summed E-state index contributed by atoms with van der Waals surface area (Å²) in [5, 5.41) is 0. The first kappa shape index (κ1) is 58.6. The van der Waals surface area contributed by atoms with Gasteiger partial charge in [-0.1, -0.05) is 40.0 Å². The molecule has 0 aromatic carbocycles. The van der Waals surface area contributed by atoms with Crippen molar-refractivity contribution in [2.75, 3.05) is 33.2 Å². The first-order valence-electron chi connectivity index (χ1n) is 23.2. The number of rotatable bonds is 20. The molecule has 0 aromatic heterocycles. The third kappa shape index (κ3) is 18.1. The molecule has 0 heterocycles. The summed E-state index contributed by atoms with van der Waals surface area (Å²) in [6.45, 7) is 15.0. The summed E-state index contributed by atoms with van der Waals surface area (Å²) in [6, 6.07) is 0. The fourth-order valence-electron chi connectivity index (χ4n) is 8.11. The van der Waals surface area contributed by atoms with Gasteiger partial charge in [0.05, 0.1) is 27.6 Å². The lowest BCUT2D eigenvalue weighted by Crippen LogP contribution is -2.52. The highest BCUT2D eigenvalue weighted by molar-refractivity contribution is 5.84. The van der Waals surface area contributed by atoms with E-state index in [9.17, 15) is 55.9 Å². The second-order valence-electron chi connectivity index (χ2n) is 19.8. The van der Waals surface area contributed by atoms with E-state index >= 15 is 0 Å². The average Bonchev–Trinajstić information content (AvgIpc) is 3.25. The number of carbonyl (C=O) groups is 8. The Labute approximate surface area is 390 Å². The molecule has 16 nitrogen and oxygen atoms in total. The quantitative estimate of drug-likeness (QED) is 0.0368. The van der Waals surface area contributed by atoms with Gasteiger partial charge in [-0.2, -0.15) is 17.6 Å². The third-order valence-corrected chi connectivity index (χ3v) is 13.2. The maximum absolute atomic E-state index is 14.2. The van der Waals surface area contributed by atoms with Crippen molar-refractivity contribution in [1.29, 1.82) is 0 Å². The summed E-state index contributed by atoms with van der Waals surface area (Å²) in [6.07, 6.45) is 1.38. The normalized spacial score (nSPS) is 21.4. The van der Waals surface area contributed by atoms with Crippen LogP contribution in [0.4, 0.5) is 17.6 Å². The molecule has 0 saturated heterocycles. The van der Waals surface area contributed by atoms with Gasteiger partial charge in [-0.25, -0.2) is 9.59 Å². The van der Waals surface area contributed by atoms with Gasteiger partial charge in [-0.15, -0.1) is 0 Å². The molecule has 5 aliphatic rings. The predicted octanol–water partition coefficient (Wildman–Crippen LogP) is 8.57. The zero-order chi connectivity index (χ0) is 51.0. The second-order valence-corrected chi connectivity index (χ2v) is 19.8. The second kappa shape index (κ2) is 25.2. The third-order valence-electron chi connectivity index (χ3n) is 13.2. The van der Waals surface area contributed by atoms with Gasteiger partial charge in [0.15, 0.2) is 0 Å². The van der Waals surface area contributed by atoms with Crippen molar-refractivity contribution in [1.82, 2.24) is 0 Å². The Bertz CT molecular complexity index is 1680. The van der Waals surface area contributed by atoms with Crippen LogP contribution in [-0.4, -0.2) is 93.2 Å². The molecule has 5 fully saturated rings. The van der Waals surface area contributed by atoms with Gasteiger partial charge >= 0.3 is 60.0 Å². The standard InChI is InChI=1S/C21H30F2O6.C17H26F2O6.C9H16O4/c1-4-19(2,3)16(24)27-5-6-28-18(26)21(22,23)29-17(25)20-10-13-7-14(11-20)9-15(8-13)12-20;1-4-16(2,3)14(21)23-10-11-24-15(22)17(18,19)25-13(20)12-8-6-5-7-9-12;1-5-9(3,4)8(11)13-6-12-7(2)10/h13-15H,4-12H2,1-3H3;12H,4-11H2,1-3H3;5-6H2,1-4H3. The lowest BCUT2D eigenvalue weighted by Gasteiger charge is -2.55. The number of ether oxygens (including phenoxy) is 8. The van der Waals surface area contributed by atoms with Crippen molar-refractivity contribution >= 4 is 47.8 Å². The molecule has 67 heavy (non-hydrogen) atoms. The SMILES string of the molecule is CCC(C)(C)C(=O)OCCOC(=O)C(F)(F)OC(=O)C12CC3CC(CC(C3)C1)C2.CCC(C)(C)C(=O)OCCOC(=O)C(F)(F)OC(=O)C1CCCCC1.CCC(C)(C)C(=O)OCOC(C)=O. The monoisotopic (exact) mass is 968 g/mol. The lowest BCUT2D eigenvalue weighted by molar-refractivity contribution is -0.255. The Morgan fingerprint density at radius 3 is 1.19 bits per heavy atom. The molecule has 20 heteroatoms. The molecule has 0 unspecified atom stereocenters. The van der Waals surface area contributed by atoms with Crippen LogP contribution in [0.5, 0.6) is 0 Å². The smallest absolute Gasteiger partial charge is 0.462 e. The van der Waals surface area contributed by atoms with E-state index in [-0.39, 0.29) is 26.0 Å². The highest BCUT2D eigenvalue weighted by Gasteiger charge is 2.58. The highest BCUT2D eigenvalue weighted by atomic mass is 19.3. The largest absolute Gasteiger partial charge is 0.504 e. The minimum Gasteiger partial charge on any atom is -0.462 e. The van der Waals surface area contributed by atoms with Crippen LogP contribution in [0.2, 0.25) is 0 Å². The molecule has 5 saturated carbocycles. The van der Waals surface area contributed by atoms with Crippen LogP contribution in [-0.2, 0) is 76.3 Å². The fraction of sp³-hybridized carbons (Fsp3) is 0.830. The molecule has 0 aromatic rings. The van der Waals surface area contributed by atoms with Crippen LogP contribution >= 0.6 is 0 Å². The molecule has 5 aliphatic carbocycles. The molecule has 0 atom stereocenters. The zero-order valence-corrected chi connectivity index (χ0v) is 40.8. The Kier molecular flexibility index (Phi) is 22.0. The number of alkyl halides is 4. The van der Waals surface area contributed by atoms with Gasteiger partial charge in [0.25, 0.3) is 0 Å². The Morgan fingerprint density at radius 2 is 0.836 bits per heavy atom. The average molecular weight is 969 g/mol. The lowest BCUT2D eigenvalue weighted by atomic mass is 9.49. The number of hydrogen-bond donors (Lipinski definition) is 0. The summed E-state index contributed by atoms with van der Waals surface area (Å²) in [7, 11) is 0. The molecule has 0 spiro atoms. The van der Waals surface area contributed by atoms with Crippen molar-refractivity contribution in [3.05, 3.63) is 0 Å². The van der Waals surface area contributed by atoms with Gasteiger partial charge in [0, 0.05) is 6.92 Å². The van der Waals surface area contributed by atoms with E-state index in [2.05, 4.69) is 23.7 Å². The molecule has 0 radical (unpaired) electrons. The summed E-state index contributed by atoms with van der Waals surface area (Å²) < 4.78 is 91.8. The van der Waals surface area contributed by atoms with Crippen LogP contribution < -0.4 is 0 Å². The minimum atomic E-state index is -4.35. The van der Waals surface area contributed by atoms with E-state index in [1.54, 1.807) is 41.5 Å². The molecule has 0 aliphatic heterocycles. The van der Waals surface area contributed by atoms with Crippen LogP contribution in [0.1, 0.15) is 159 Å². The molecular weight excluding hydrogens is 896 g/mol. The first-order chi connectivity index (χ1) is 31.0. The number of halogens is 4. The van der Waals surface area contributed by atoms with E-state index < -0.39 is 94.8 Å². The van der Waals surface area contributed by atoms with Gasteiger partial charge in [0.1, 0.15) is 26.4 Å². The number of carbonyl (C=O) groups excluding carboxylic acids is 8. The Morgan fingerprint density at radius 1 is 0.493 bits per heavy atom. The van der Waals surface area contributed by atoms with Crippen molar-refractivity contribution in [2.24, 2.45) is 45.3 Å². The Balaban J connectivity index is 0.000000370. The summed E-state index contributed by atoms with van der Waals surface area (Å²) in [4.78, 5) is 92.5. The Hall–Kier alpha value is -4.52. The van der Waals surface area contributed by atoms with Crippen LogP contribution in [0, 0.1) is 45.3 Å². The molecule has 0 N–H and O–H groups in total. The minimum absolute atomic E-state index is 0.294. The van der Waals surface area contributed by atoms with Gasteiger partial charge < -0.3 is 37.9 Å². The summed E-state index contributed by atoms with van der Waals surface area (Å²) in [5.41, 5.74) is -2.81. The molecule has 0 amide bonds. The highest BCUT2D eigenvalue weighted by Crippen LogP contribution is 2.60. The van der Waals surface area contributed by atoms with Crippen molar-refractivity contribution in [3.63, 3.8) is 0 Å². The van der Waals surface area contributed by atoms with Crippen LogP contribution in [0.15, 0.2) is 0 Å². The van der Waals surface area contributed by atoms with Crippen LogP contribution in [0.3, 0.4) is 0 Å².